The predicted octanol–water partition coefficient (Wildman–Crippen LogP) is 15.5. The Morgan fingerprint density at radius 1 is 0.386 bits per heavy atom. The Balaban J connectivity index is 1.01. The molecule has 0 fully saturated rings. The summed E-state index contributed by atoms with van der Waals surface area (Å²) in [7, 11) is 0. The van der Waals surface area contributed by atoms with E-state index >= 15 is 0 Å². The van der Waals surface area contributed by atoms with Gasteiger partial charge in [0.15, 0.2) is 0 Å². The fourth-order valence-corrected chi connectivity index (χ4v) is 12.9. The molecule has 0 spiro atoms. The first kappa shape index (κ1) is 39.7. The van der Waals surface area contributed by atoms with E-state index in [2.05, 4.69) is 226 Å². The van der Waals surface area contributed by atoms with E-state index in [0.29, 0.717) is 0 Å². The molecule has 0 N–H and O–H groups in total. The van der Waals surface area contributed by atoms with E-state index in [-0.39, 0.29) is 17.5 Å². The van der Waals surface area contributed by atoms with Crippen molar-refractivity contribution in [2.24, 2.45) is 0 Å². The third-order valence-corrected chi connectivity index (χ3v) is 16.3. The summed E-state index contributed by atoms with van der Waals surface area (Å²) in [6, 6.07) is 72.0. The molecule has 11 aromatic rings. The van der Waals surface area contributed by atoms with Gasteiger partial charge in [-0.15, -0.1) is 0 Å². The first-order valence-electron chi connectivity index (χ1n) is 24.6. The first-order chi connectivity index (χ1) is 34.1. The second kappa shape index (κ2) is 13.9. The van der Waals surface area contributed by atoms with Crippen molar-refractivity contribution in [3.63, 3.8) is 0 Å². The topological polar surface area (TPSA) is 32.8 Å². The van der Waals surface area contributed by atoms with Crippen LogP contribution in [0, 0.1) is 6.92 Å². The molecule has 0 unspecified atom stereocenters. The van der Waals surface area contributed by atoms with Gasteiger partial charge in [-0.2, -0.15) is 0 Å². The normalized spacial score (nSPS) is 15.1. The molecular formula is C65H47BN2O2. The Labute approximate surface area is 408 Å². The molecule has 0 radical (unpaired) electrons. The minimum Gasteiger partial charge on any atom is -0.456 e. The summed E-state index contributed by atoms with van der Waals surface area (Å²) in [6.45, 7) is 11.6. The number of benzene rings is 9. The number of nitrogens with zero attached hydrogens (tertiary/aromatic N) is 2. The summed E-state index contributed by atoms with van der Waals surface area (Å²) in [5.41, 5.74) is 26.2. The Bertz CT molecular complexity index is 3750. The maximum absolute atomic E-state index is 6.64. The molecule has 0 atom stereocenters. The maximum Gasteiger partial charge on any atom is 0.252 e. The van der Waals surface area contributed by atoms with Crippen molar-refractivity contribution in [2.45, 2.75) is 45.4 Å². The summed E-state index contributed by atoms with van der Waals surface area (Å²) in [4.78, 5) is 5.10. The third-order valence-electron chi connectivity index (χ3n) is 16.3. The zero-order valence-electron chi connectivity index (χ0n) is 39.8. The van der Waals surface area contributed by atoms with Gasteiger partial charge in [0.1, 0.15) is 22.7 Å². The van der Waals surface area contributed by atoms with Crippen molar-refractivity contribution in [3.8, 4) is 44.9 Å². The molecule has 0 saturated heterocycles. The van der Waals surface area contributed by atoms with Gasteiger partial charge < -0.3 is 18.6 Å². The predicted molar refractivity (Wildman–Crippen MR) is 291 cm³/mol. The highest BCUT2D eigenvalue weighted by Gasteiger charge is 2.45. The molecule has 2 aromatic heterocycles. The molecule has 0 amide bonds. The molecule has 0 bridgehead atoms. The van der Waals surface area contributed by atoms with Crippen LogP contribution in [0.15, 0.2) is 203 Å². The van der Waals surface area contributed by atoms with Crippen LogP contribution in [0.3, 0.4) is 0 Å². The molecule has 15 rings (SSSR count). The summed E-state index contributed by atoms with van der Waals surface area (Å²) in [5.74, 6) is 1.72. The summed E-state index contributed by atoms with van der Waals surface area (Å²) in [6.07, 6.45) is 0. The van der Waals surface area contributed by atoms with Gasteiger partial charge >= 0.3 is 0 Å². The minimum absolute atomic E-state index is 0.123. The molecule has 4 aliphatic rings. The lowest BCUT2D eigenvalue weighted by Crippen LogP contribution is -2.61. The number of rotatable bonds is 4. The van der Waals surface area contributed by atoms with E-state index in [1.165, 1.54) is 77.8 Å². The molecule has 332 valence electrons. The van der Waals surface area contributed by atoms with Crippen LogP contribution in [0.25, 0.3) is 66.8 Å². The Morgan fingerprint density at radius 3 is 1.29 bits per heavy atom. The van der Waals surface area contributed by atoms with Crippen LogP contribution in [0.2, 0.25) is 0 Å². The largest absolute Gasteiger partial charge is 0.456 e. The summed E-state index contributed by atoms with van der Waals surface area (Å²) >= 11 is 0. The van der Waals surface area contributed by atoms with E-state index in [0.717, 1.165) is 67.3 Å². The Morgan fingerprint density at radius 2 is 0.814 bits per heavy atom. The monoisotopic (exact) mass is 898 g/mol. The Kier molecular flexibility index (Phi) is 7.90. The van der Waals surface area contributed by atoms with Crippen molar-refractivity contribution in [1.29, 1.82) is 0 Å². The van der Waals surface area contributed by atoms with E-state index in [1.807, 2.05) is 12.1 Å². The van der Waals surface area contributed by atoms with Crippen molar-refractivity contribution in [3.05, 3.63) is 222 Å². The minimum atomic E-state index is -0.163. The third kappa shape index (κ3) is 5.38. The van der Waals surface area contributed by atoms with Crippen LogP contribution >= 0.6 is 0 Å². The van der Waals surface area contributed by atoms with Crippen LogP contribution < -0.4 is 26.2 Å². The number of para-hydroxylation sites is 2. The molecule has 2 aliphatic heterocycles. The SMILES string of the molecule is Cc1cc2c3c(c1)N(c1ccc4c(c1)C(C)(C)c1ccccc1-4)c1ccc(-c4cc5ccccc5o4)cc1B3c1cc(-c3cc4ccccc4o3)ccc1N2c1ccc2c(c1)C(C)(C)c1ccccc1-2. The highest BCUT2D eigenvalue weighted by atomic mass is 16.3. The van der Waals surface area contributed by atoms with Crippen LogP contribution in [-0.2, 0) is 10.8 Å². The Hall–Kier alpha value is -8.28. The molecule has 5 heteroatoms. The standard InChI is InChI=1S/C65H47BN2O2/c1-38-30-57-63-58(31-38)68(44-25-27-48-46-17-9-11-19-50(46)65(4,5)52(48)37-44)56-29-23-42(62-35-40-15-7-13-21-60(40)70-62)33-54(56)66(63)53-32-41(61-34-39-14-6-12-20-59(39)69-61)22-28-55(53)67(57)43-24-26-47-45-16-8-10-18-49(45)64(2,3)51(47)36-43/h6-37H,1-5H3. The van der Waals surface area contributed by atoms with Crippen LogP contribution in [0.1, 0.15) is 55.5 Å². The van der Waals surface area contributed by atoms with Gasteiger partial charge in [0.25, 0.3) is 6.71 Å². The molecular weight excluding hydrogens is 852 g/mol. The number of furan rings is 2. The average Bonchev–Trinajstić information content (AvgIpc) is 4.13. The zero-order valence-corrected chi connectivity index (χ0v) is 39.8. The quantitative estimate of drug-likeness (QED) is 0.165. The summed E-state index contributed by atoms with van der Waals surface area (Å²) in [5, 5.41) is 2.19. The molecule has 4 heterocycles. The van der Waals surface area contributed by atoms with Crippen molar-refractivity contribution >= 4 is 79.2 Å². The first-order valence-corrected chi connectivity index (χ1v) is 24.6. The lowest BCUT2D eigenvalue weighted by molar-refractivity contribution is 0.631. The van der Waals surface area contributed by atoms with Crippen LogP contribution in [-0.4, -0.2) is 6.71 Å². The van der Waals surface area contributed by atoms with Gasteiger partial charge in [-0.25, -0.2) is 0 Å². The van der Waals surface area contributed by atoms with Gasteiger partial charge in [-0.05, 0) is 158 Å². The van der Waals surface area contributed by atoms with Gasteiger partial charge in [0.2, 0.25) is 0 Å². The molecule has 2 aliphatic carbocycles. The van der Waals surface area contributed by atoms with Crippen molar-refractivity contribution in [2.75, 3.05) is 9.80 Å². The molecule has 4 nitrogen and oxygen atoms in total. The van der Waals surface area contributed by atoms with Gasteiger partial charge in [-0.3, -0.25) is 0 Å². The maximum atomic E-state index is 6.64. The fourth-order valence-electron chi connectivity index (χ4n) is 12.9. The number of anilines is 6. The number of fused-ring (bicyclic) bond motifs is 12. The van der Waals surface area contributed by atoms with Crippen LogP contribution in [0.4, 0.5) is 34.1 Å². The van der Waals surface area contributed by atoms with E-state index < -0.39 is 0 Å². The molecule has 0 saturated carbocycles. The second-order valence-electron chi connectivity index (χ2n) is 21.0. The molecule has 70 heavy (non-hydrogen) atoms. The lowest BCUT2D eigenvalue weighted by Gasteiger charge is -2.45. The number of hydrogen-bond donors (Lipinski definition) is 0. The van der Waals surface area contributed by atoms with Crippen LogP contribution in [0.5, 0.6) is 0 Å². The van der Waals surface area contributed by atoms with Gasteiger partial charge in [-0.1, -0.05) is 137 Å². The van der Waals surface area contributed by atoms with Crippen molar-refractivity contribution in [1.82, 2.24) is 0 Å². The second-order valence-corrected chi connectivity index (χ2v) is 21.0. The lowest BCUT2D eigenvalue weighted by atomic mass is 9.33. The molecule has 9 aromatic carbocycles. The van der Waals surface area contributed by atoms with E-state index in [1.54, 1.807) is 0 Å². The smallest absolute Gasteiger partial charge is 0.252 e. The highest BCUT2D eigenvalue weighted by Crippen LogP contribution is 2.54. The highest BCUT2D eigenvalue weighted by molar-refractivity contribution is 7.00. The van der Waals surface area contributed by atoms with Gasteiger partial charge in [0, 0.05) is 66.9 Å². The zero-order chi connectivity index (χ0) is 46.8. The summed E-state index contributed by atoms with van der Waals surface area (Å²) < 4.78 is 13.3. The van der Waals surface area contributed by atoms with Crippen molar-refractivity contribution < 1.29 is 8.83 Å². The van der Waals surface area contributed by atoms with E-state index in [4.69, 9.17) is 8.83 Å². The average molecular weight is 899 g/mol. The fraction of sp³-hybridized carbons (Fsp3) is 0.108. The number of aryl methyl sites for hydroxylation is 1. The van der Waals surface area contributed by atoms with E-state index in [9.17, 15) is 0 Å². The number of hydrogen-bond acceptors (Lipinski definition) is 4. The van der Waals surface area contributed by atoms with Gasteiger partial charge in [0.05, 0.1) is 0 Å².